The molecule has 1 amide bonds. The molecule has 1 aromatic heterocycles. The molecular formula is C17H29N5OS. The van der Waals surface area contributed by atoms with Crippen molar-refractivity contribution in [3.63, 3.8) is 0 Å². The smallest absolute Gasteiger partial charge is 0.222 e. The van der Waals surface area contributed by atoms with E-state index in [0.29, 0.717) is 13.0 Å². The van der Waals surface area contributed by atoms with Gasteiger partial charge in [-0.1, -0.05) is 13.8 Å². The number of aliphatic imine (C=N–C) groups is 1. The molecule has 0 bridgehead atoms. The molecule has 1 saturated heterocycles. The van der Waals surface area contributed by atoms with E-state index in [9.17, 15) is 4.79 Å². The summed E-state index contributed by atoms with van der Waals surface area (Å²) in [5.41, 5.74) is 1.12. The van der Waals surface area contributed by atoms with Crippen LogP contribution in [-0.4, -0.2) is 54.0 Å². The van der Waals surface area contributed by atoms with Crippen molar-refractivity contribution >= 4 is 23.2 Å². The third-order valence-corrected chi connectivity index (χ3v) is 5.11. The predicted octanol–water partition coefficient (Wildman–Crippen LogP) is 1.81. The molecule has 134 valence electrons. The number of likely N-dealkylation sites (tertiary alicyclic amines) is 1. The molecule has 0 radical (unpaired) electrons. The number of rotatable bonds is 7. The SMILES string of the molecule is CCNC(=NCCc1csc(CC)n1)NC1CCN(C(=O)CC)C1. The summed E-state index contributed by atoms with van der Waals surface area (Å²) in [5.74, 6) is 1.07. The summed E-state index contributed by atoms with van der Waals surface area (Å²) < 4.78 is 0. The molecule has 2 rings (SSSR count). The highest BCUT2D eigenvalue weighted by Gasteiger charge is 2.25. The van der Waals surface area contributed by atoms with E-state index < -0.39 is 0 Å². The first-order chi connectivity index (χ1) is 11.7. The highest BCUT2D eigenvalue weighted by molar-refractivity contribution is 7.09. The first kappa shape index (κ1) is 18.7. The first-order valence-electron chi connectivity index (χ1n) is 8.92. The van der Waals surface area contributed by atoms with E-state index in [-0.39, 0.29) is 11.9 Å². The zero-order valence-corrected chi connectivity index (χ0v) is 15.8. The fourth-order valence-corrected chi connectivity index (χ4v) is 3.53. The lowest BCUT2D eigenvalue weighted by molar-refractivity contribution is -0.129. The molecule has 0 aromatic carbocycles. The Bertz CT molecular complexity index is 557. The number of guanidine groups is 1. The Balaban J connectivity index is 1.83. The average Bonchev–Trinajstić information content (AvgIpc) is 3.23. The third-order valence-electron chi connectivity index (χ3n) is 4.07. The van der Waals surface area contributed by atoms with Gasteiger partial charge in [0.25, 0.3) is 0 Å². The van der Waals surface area contributed by atoms with E-state index in [4.69, 9.17) is 0 Å². The number of hydrogen-bond donors (Lipinski definition) is 2. The van der Waals surface area contributed by atoms with Gasteiger partial charge in [0, 0.05) is 50.4 Å². The Labute approximate surface area is 148 Å². The summed E-state index contributed by atoms with van der Waals surface area (Å²) in [6.45, 7) is 9.25. The highest BCUT2D eigenvalue weighted by Crippen LogP contribution is 2.11. The molecule has 0 saturated carbocycles. The lowest BCUT2D eigenvalue weighted by atomic mass is 10.3. The number of amides is 1. The van der Waals surface area contributed by atoms with E-state index in [2.05, 4.69) is 39.8 Å². The topological polar surface area (TPSA) is 69.6 Å². The van der Waals surface area contributed by atoms with E-state index in [1.807, 2.05) is 11.8 Å². The van der Waals surface area contributed by atoms with Gasteiger partial charge in [-0.3, -0.25) is 9.79 Å². The van der Waals surface area contributed by atoms with Crippen LogP contribution in [0.2, 0.25) is 0 Å². The van der Waals surface area contributed by atoms with Crippen LogP contribution in [0.5, 0.6) is 0 Å². The van der Waals surface area contributed by atoms with Gasteiger partial charge in [-0.15, -0.1) is 11.3 Å². The molecule has 1 fully saturated rings. The number of aryl methyl sites for hydroxylation is 1. The van der Waals surface area contributed by atoms with Gasteiger partial charge in [-0.05, 0) is 19.8 Å². The average molecular weight is 352 g/mol. The predicted molar refractivity (Wildman–Crippen MR) is 99.6 cm³/mol. The quantitative estimate of drug-likeness (QED) is 0.581. The van der Waals surface area contributed by atoms with Crippen molar-refractivity contribution in [3.05, 3.63) is 16.1 Å². The van der Waals surface area contributed by atoms with Crippen LogP contribution in [-0.2, 0) is 17.6 Å². The van der Waals surface area contributed by atoms with Crippen LogP contribution < -0.4 is 10.6 Å². The summed E-state index contributed by atoms with van der Waals surface area (Å²) in [7, 11) is 0. The van der Waals surface area contributed by atoms with Crippen molar-refractivity contribution in [2.45, 2.75) is 52.5 Å². The van der Waals surface area contributed by atoms with Gasteiger partial charge in [0.05, 0.1) is 10.7 Å². The van der Waals surface area contributed by atoms with Crippen molar-refractivity contribution < 1.29 is 4.79 Å². The van der Waals surface area contributed by atoms with Gasteiger partial charge in [-0.2, -0.15) is 0 Å². The van der Waals surface area contributed by atoms with Crippen molar-refractivity contribution in [1.82, 2.24) is 20.5 Å². The molecule has 2 heterocycles. The van der Waals surface area contributed by atoms with Gasteiger partial charge < -0.3 is 15.5 Å². The number of nitrogens with one attached hydrogen (secondary N) is 2. The molecule has 1 aliphatic heterocycles. The van der Waals surface area contributed by atoms with Gasteiger partial charge in [0.15, 0.2) is 5.96 Å². The maximum atomic E-state index is 11.8. The number of thiazole rings is 1. The number of carbonyl (C=O) groups excluding carboxylic acids is 1. The van der Waals surface area contributed by atoms with E-state index in [1.165, 1.54) is 5.01 Å². The van der Waals surface area contributed by atoms with Crippen LogP contribution in [0.15, 0.2) is 10.4 Å². The Morgan fingerprint density at radius 3 is 2.96 bits per heavy atom. The molecular weight excluding hydrogens is 322 g/mol. The fourth-order valence-electron chi connectivity index (χ4n) is 2.75. The summed E-state index contributed by atoms with van der Waals surface area (Å²) in [5, 5.41) is 10.1. The van der Waals surface area contributed by atoms with Gasteiger partial charge in [0.1, 0.15) is 0 Å². The maximum absolute atomic E-state index is 11.8. The molecule has 7 heteroatoms. The lowest BCUT2D eigenvalue weighted by Gasteiger charge is -2.18. The number of aromatic nitrogens is 1. The highest BCUT2D eigenvalue weighted by atomic mass is 32.1. The molecule has 24 heavy (non-hydrogen) atoms. The Morgan fingerprint density at radius 1 is 1.46 bits per heavy atom. The zero-order chi connectivity index (χ0) is 17.4. The van der Waals surface area contributed by atoms with E-state index in [0.717, 1.165) is 50.6 Å². The molecule has 1 aromatic rings. The maximum Gasteiger partial charge on any atom is 0.222 e. The minimum Gasteiger partial charge on any atom is -0.357 e. The first-order valence-corrected chi connectivity index (χ1v) is 9.80. The van der Waals surface area contributed by atoms with Gasteiger partial charge in [0.2, 0.25) is 5.91 Å². The Hall–Kier alpha value is -1.63. The van der Waals surface area contributed by atoms with Crippen LogP contribution >= 0.6 is 11.3 Å². The number of carbonyl (C=O) groups is 1. The molecule has 0 spiro atoms. The second kappa shape index (κ2) is 9.61. The van der Waals surface area contributed by atoms with Crippen molar-refractivity contribution in [3.8, 4) is 0 Å². The molecule has 1 aliphatic rings. The molecule has 0 aliphatic carbocycles. The van der Waals surface area contributed by atoms with Crippen molar-refractivity contribution in [1.29, 1.82) is 0 Å². The summed E-state index contributed by atoms with van der Waals surface area (Å²) >= 11 is 1.72. The van der Waals surface area contributed by atoms with Gasteiger partial charge in [-0.25, -0.2) is 4.98 Å². The van der Waals surface area contributed by atoms with Crippen LogP contribution in [0.1, 0.15) is 44.3 Å². The lowest BCUT2D eigenvalue weighted by Crippen LogP contribution is -2.45. The fraction of sp³-hybridized carbons (Fsp3) is 0.706. The van der Waals surface area contributed by atoms with Crippen LogP contribution in [0.25, 0.3) is 0 Å². The van der Waals surface area contributed by atoms with Crippen molar-refractivity contribution in [2.75, 3.05) is 26.2 Å². The number of hydrogen-bond acceptors (Lipinski definition) is 4. The van der Waals surface area contributed by atoms with Crippen LogP contribution in [0, 0.1) is 0 Å². The van der Waals surface area contributed by atoms with E-state index in [1.54, 1.807) is 11.3 Å². The molecule has 6 nitrogen and oxygen atoms in total. The zero-order valence-electron chi connectivity index (χ0n) is 15.0. The molecule has 2 N–H and O–H groups in total. The molecule has 1 atom stereocenters. The second-order valence-electron chi connectivity index (χ2n) is 5.92. The summed E-state index contributed by atoms with van der Waals surface area (Å²) in [6.07, 6.45) is 3.40. The van der Waals surface area contributed by atoms with Crippen molar-refractivity contribution in [2.24, 2.45) is 4.99 Å². The van der Waals surface area contributed by atoms with E-state index >= 15 is 0 Å². The Kier molecular flexibility index (Phi) is 7.49. The Morgan fingerprint density at radius 2 is 2.29 bits per heavy atom. The second-order valence-corrected chi connectivity index (χ2v) is 6.86. The largest absolute Gasteiger partial charge is 0.357 e. The molecule has 1 unspecified atom stereocenters. The minimum absolute atomic E-state index is 0.233. The normalized spacial score (nSPS) is 18.0. The standard InChI is InChI=1S/C17H29N5OS/c1-4-15-20-14(12-24-15)7-9-19-17(18-6-3)21-13-8-10-22(11-13)16(23)5-2/h12-13H,4-11H2,1-3H3,(H2,18,19,21). The summed E-state index contributed by atoms with van der Waals surface area (Å²) in [4.78, 5) is 22.9. The van der Waals surface area contributed by atoms with Crippen LogP contribution in [0.4, 0.5) is 0 Å². The third kappa shape index (κ3) is 5.47. The minimum atomic E-state index is 0.233. The number of nitrogens with zero attached hydrogens (tertiary/aromatic N) is 3. The monoisotopic (exact) mass is 351 g/mol. The summed E-state index contributed by atoms with van der Waals surface area (Å²) in [6, 6.07) is 0.282. The van der Waals surface area contributed by atoms with Crippen LogP contribution in [0.3, 0.4) is 0 Å². The van der Waals surface area contributed by atoms with Gasteiger partial charge >= 0.3 is 0 Å².